The smallest absolute Gasteiger partial charge is 0.262 e. The van der Waals surface area contributed by atoms with Crippen molar-refractivity contribution in [3.8, 4) is 0 Å². The fraction of sp³-hybridized carbons (Fsp3) is 0.500. The van der Waals surface area contributed by atoms with Crippen LogP contribution in [0.2, 0.25) is 0 Å². The molecule has 0 aliphatic rings. The first-order valence-electron chi connectivity index (χ1n) is 4.14. The molecule has 0 fully saturated rings. The van der Waals surface area contributed by atoms with Crippen LogP contribution >= 0.6 is 24.0 Å². The van der Waals surface area contributed by atoms with E-state index in [0.717, 1.165) is 17.4 Å². The first kappa shape index (κ1) is 10.5. The van der Waals surface area contributed by atoms with Gasteiger partial charge in [-0.05, 0) is 25.6 Å². The minimum Gasteiger partial charge on any atom is -0.440 e. The van der Waals surface area contributed by atoms with Gasteiger partial charge in [0, 0.05) is 13.1 Å². The zero-order valence-corrected chi connectivity index (χ0v) is 9.32. The zero-order valence-electron chi connectivity index (χ0n) is 7.69. The van der Waals surface area contributed by atoms with Crippen LogP contribution in [0.4, 0.5) is 0 Å². The molecule has 0 spiro atoms. The van der Waals surface area contributed by atoms with Crippen LogP contribution in [0.3, 0.4) is 0 Å². The molecule has 1 aromatic rings. The summed E-state index contributed by atoms with van der Waals surface area (Å²) < 4.78 is 5.89. The lowest BCUT2D eigenvalue weighted by Crippen LogP contribution is -2.26. The van der Waals surface area contributed by atoms with E-state index in [1.165, 1.54) is 11.8 Å². The minimum atomic E-state index is 0.608. The molecule has 0 atom stereocenters. The monoisotopic (exact) mass is 216 g/mol. The Labute approximate surface area is 87.5 Å². The lowest BCUT2D eigenvalue weighted by Gasteiger charge is -2.19. The lowest BCUT2D eigenvalue weighted by atomic mass is 10.6. The van der Waals surface area contributed by atoms with Crippen molar-refractivity contribution in [2.45, 2.75) is 19.1 Å². The molecule has 1 aromatic heterocycles. The van der Waals surface area contributed by atoms with Crippen LogP contribution in [0.25, 0.3) is 0 Å². The normalized spacial score (nSPS) is 10.0. The molecule has 1 rings (SSSR count). The maximum atomic E-state index is 5.21. The Morgan fingerprint density at radius 1 is 1.62 bits per heavy atom. The zero-order chi connectivity index (χ0) is 9.68. The van der Waals surface area contributed by atoms with Crippen molar-refractivity contribution in [3.63, 3.8) is 0 Å². The molecule has 0 saturated carbocycles. The van der Waals surface area contributed by atoms with Crippen molar-refractivity contribution < 1.29 is 4.42 Å². The Kier molecular flexibility index (Phi) is 4.24. The summed E-state index contributed by atoms with van der Waals surface area (Å²) in [7, 11) is 0. The second kappa shape index (κ2) is 5.24. The molecule has 0 radical (unpaired) electrons. The van der Waals surface area contributed by atoms with Crippen LogP contribution in [0.1, 0.15) is 13.8 Å². The highest BCUT2D eigenvalue weighted by atomic mass is 32.2. The molecular weight excluding hydrogens is 204 g/mol. The number of thioether (sulfide) groups is 1. The van der Waals surface area contributed by atoms with Crippen LogP contribution in [0, 0.1) is 0 Å². The topological polar surface area (TPSA) is 29.3 Å². The van der Waals surface area contributed by atoms with Crippen molar-refractivity contribution in [3.05, 3.63) is 12.5 Å². The van der Waals surface area contributed by atoms with E-state index >= 15 is 0 Å². The van der Waals surface area contributed by atoms with Crippen LogP contribution < -0.4 is 0 Å². The van der Waals surface area contributed by atoms with Crippen LogP contribution in [-0.2, 0) is 0 Å². The van der Waals surface area contributed by atoms with E-state index in [4.69, 9.17) is 16.6 Å². The van der Waals surface area contributed by atoms with Gasteiger partial charge in [0.1, 0.15) is 10.6 Å². The molecule has 1 heterocycles. The Hall–Kier alpha value is -0.550. The van der Waals surface area contributed by atoms with E-state index in [-0.39, 0.29) is 0 Å². The summed E-state index contributed by atoms with van der Waals surface area (Å²) in [4.78, 5) is 6.08. The molecule has 0 saturated heterocycles. The van der Waals surface area contributed by atoms with E-state index in [1.54, 1.807) is 12.5 Å². The van der Waals surface area contributed by atoms with Gasteiger partial charge in [0.25, 0.3) is 5.22 Å². The van der Waals surface area contributed by atoms with Gasteiger partial charge in [0.15, 0.2) is 0 Å². The number of hydrogen-bond acceptors (Lipinski definition) is 4. The van der Waals surface area contributed by atoms with Gasteiger partial charge >= 0.3 is 0 Å². The molecule has 0 aromatic carbocycles. The number of rotatable bonds is 3. The van der Waals surface area contributed by atoms with Crippen molar-refractivity contribution in [2.24, 2.45) is 0 Å². The molecule has 0 bridgehead atoms. The van der Waals surface area contributed by atoms with Crippen molar-refractivity contribution in [2.75, 3.05) is 13.1 Å². The van der Waals surface area contributed by atoms with E-state index in [1.807, 2.05) is 0 Å². The maximum absolute atomic E-state index is 5.21. The Bertz CT molecular complexity index is 257. The predicted molar refractivity (Wildman–Crippen MR) is 57.9 cm³/mol. The Balaban J connectivity index is 2.49. The van der Waals surface area contributed by atoms with Gasteiger partial charge in [-0.3, -0.25) is 0 Å². The van der Waals surface area contributed by atoms with Gasteiger partial charge in [-0.2, -0.15) is 0 Å². The van der Waals surface area contributed by atoms with E-state index in [2.05, 4.69) is 23.7 Å². The van der Waals surface area contributed by atoms with Gasteiger partial charge in [-0.1, -0.05) is 12.2 Å². The predicted octanol–water partition coefficient (Wildman–Crippen LogP) is 2.39. The van der Waals surface area contributed by atoms with Crippen molar-refractivity contribution in [1.82, 2.24) is 9.88 Å². The molecule has 0 amide bonds. The Morgan fingerprint density at radius 2 is 2.31 bits per heavy atom. The summed E-state index contributed by atoms with van der Waals surface area (Å²) in [5.74, 6) is 0. The van der Waals surface area contributed by atoms with Crippen molar-refractivity contribution >= 4 is 28.3 Å². The second-order valence-corrected chi connectivity index (χ2v) is 3.92. The molecule has 3 nitrogen and oxygen atoms in total. The number of aromatic nitrogens is 1. The third-order valence-electron chi connectivity index (χ3n) is 1.61. The molecule has 0 N–H and O–H groups in total. The third-order valence-corrected chi connectivity index (χ3v) is 2.92. The summed E-state index contributed by atoms with van der Waals surface area (Å²) in [6.07, 6.45) is 3.17. The number of nitrogens with zero attached hydrogens (tertiary/aromatic N) is 2. The second-order valence-electron chi connectivity index (χ2n) is 2.34. The quantitative estimate of drug-likeness (QED) is 0.571. The SMILES string of the molecule is CCN(CC)C(=S)Sc1ncco1. The van der Waals surface area contributed by atoms with Gasteiger partial charge in [-0.25, -0.2) is 4.98 Å². The summed E-state index contributed by atoms with van der Waals surface area (Å²) >= 11 is 6.60. The fourth-order valence-electron chi connectivity index (χ4n) is 0.882. The van der Waals surface area contributed by atoms with E-state index in [9.17, 15) is 0 Å². The fourth-order valence-corrected chi connectivity index (χ4v) is 2.11. The van der Waals surface area contributed by atoms with Crippen LogP contribution in [0.5, 0.6) is 0 Å². The summed E-state index contributed by atoms with van der Waals surface area (Å²) in [6, 6.07) is 0. The summed E-state index contributed by atoms with van der Waals surface area (Å²) in [6.45, 7) is 5.99. The van der Waals surface area contributed by atoms with Gasteiger partial charge in [0.2, 0.25) is 0 Å². The number of thiocarbonyl (C=S) groups is 1. The maximum Gasteiger partial charge on any atom is 0.262 e. The Morgan fingerprint density at radius 3 is 2.77 bits per heavy atom. The van der Waals surface area contributed by atoms with E-state index in [0.29, 0.717) is 5.22 Å². The molecular formula is C8H12N2OS2. The number of oxazole rings is 1. The van der Waals surface area contributed by atoms with Crippen molar-refractivity contribution in [1.29, 1.82) is 0 Å². The van der Waals surface area contributed by atoms with E-state index < -0.39 is 0 Å². The number of hydrogen-bond donors (Lipinski definition) is 0. The first-order valence-corrected chi connectivity index (χ1v) is 5.36. The van der Waals surface area contributed by atoms with Gasteiger partial charge in [-0.15, -0.1) is 0 Å². The van der Waals surface area contributed by atoms with Crippen LogP contribution in [0.15, 0.2) is 22.1 Å². The third kappa shape index (κ3) is 3.00. The highest BCUT2D eigenvalue weighted by Gasteiger charge is 2.09. The largest absolute Gasteiger partial charge is 0.440 e. The highest BCUT2D eigenvalue weighted by Crippen LogP contribution is 2.19. The first-order chi connectivity index (χ1) is 6.27. The van der Waals surface area contributed by atoms with Crippen LogP contribution in [-0.4, -0.2) is 27.3 Å². The molecule has 72 valence electrons. The summed E-state index contributed by atoms with van der Waals surface area (Å²) in [5, 5.41) is 0.608. The average molecular weight is 216 g/mol. The molecule has 0 unspecified atom stereocenters. The average Bonchev–Trinajstić information content (AvgIpc) is 2.59. The standard InChI is InChI=1S/C8H12N2OS2/c1-3-10(4-2)8(12)13-7-9-5-6-11-7/h5-6H,3-4H2,1-2H3. The molecule has 5 heteroatoms. The summed E-state index contributed by atoms with van der Waals surface area (Å²) in [5.41, 5.74) is 0. The minimum absolute atomic E-state index is 0.608. The molecule has 0 aliphatic heterocycles. The highest BCUT2D eigenvalue weighted by molar-refractivity contribution is 8.22. The van der Waals surface area contributed by atoms with Gasteiger partial charge < -0.3 is 9.32 Å². The lowest BCUT2D eigenvalue weighted by molar-refractivity contribution is 0.452. The molecule has 13 heavy (non-hydrogen) atoms. The van der Waals surface area contributed by atoms with Gasteiger partial charge in [0.05, 0.1) is 6.20 Å². The molecule has 0 aliphatic carbocycles.